The van der Waals surface area contributed by atoms with Gasteiger partial charge in [-0.1, -0.05) is 12.8 Å². The van der Waals surface area contributed by atoms with E-state index in [4.69, 9.17) is 0 Å². The van der Waals surface area contributed by atoms with Crippen LogP contribution in [0.25, 0.3) is 0 Å². The van der Waals surface area contributed by atoms with Crippen molar-refractivity contribution in [2.45, 2.75) is 52.0 Å². The average molecular weight is 275 g/mol. The number of hydrogen-bond acceptors (Lipinski definition) is 3. The van der Waals surface area contributed by atoms with Crippen LogP contribution < -0.4 is 5.32 Å². The molecule has 0 atom stereocenters. The Hall–Kier alpha value is -1.58. The monoisotopic (exact) mass is 275 g/mol. The Labute approximate surface area is 121 Å². The molecule has 0 saturated carbocycles. The second-order valence-electron chi connectivity index (χ2n) is 6.54. The largest absolute Gasteiger partial charge is 0.379 e. The molecular formula is C16H25N3O. The van der Waals surface area contributed by atoms with Crippen molar-refractivity contribution < 1.29 is 4.79 Å². The predicted molar refractivity (Wildman–Crippen MR) is 82.0 cm³/mol. The summed E-state index contributed by atoms with van der Waals surface area (Å²) in [6.07, 6.45) is 8.12. The molecule has 2 heterocycles. The third-order valence-corrected chi connectivity index (χ3v) is 3.40. The maximum Gasteiger partial charge on any atom is 0.255 e. The summed E-state index contributed by atoms with van der Waals surface area (Å²) in [4.78, 5) is 18.7. The van der Waals surface area contributed by atoms with Crippen LogP contribution in [0.3, 0.4) is 0 Å². The summed E-state index contributed by atoms with van der Waals surface area (Å²) in [5.74, 6) is 0.108. The van der Waals surface area contributed by atoms with Gasteiger partial charge in [-0.2, -0.15) is 0 Å². The lowest BCUT2D eigenvalue weighted by Crippen LogP contribution is -2.32. The molecule has 1 aromatic rings. The molecule has 1 amide bonds. The number of rotatable bonds is 2. The van der Waals surface area contributed by atoms with Gasteiger partial charge in [-0.05, 0) is 39.7 Å². The molecular weight excluding hydrogens is 250 g/mol. The van der Waals surface area contributed by atoms with Gasteiger partial charge in [0.2, 0.25) is 0 Å². The number of likely N-dealkylation sites (tertiary alicyclic amines) is 1. The molecule has 4 nitrogen and oxygen atoms in total. The minimum atomic E-state index is -0.0358. The summed E-state index contributed by atoms with van der Waals surface area (Å²) in [5, 5.41) is 3.36. The third-order valence-electron chi connectivity index (χ3n) is 3.40. The minimum absolute atomic E-state index is 0.0358. The molecule has 0 spiro atoms. The first-order valence-electron chi connectivity index (χ1n) is 7.48. The number of nitrogens with one attached hydrogen (secondary N) is 1. The van der Waals surface area contributed by atoms with E-state index in [9.17, 15) is 4.79 Å². The zero-order chi connectivity index (χ0) is 14.6. The smallest absolute Gasteiger partial charge is 0.255 e. The fourth-order valence-electron chi connectivity index (χ4n) is 2.51. The van der Waals surface area contributed by atoms with Gasteiger partial charge in [0.25, 0.3) is 5.91 Å². The van der Waals surface area contributed by atoms with E-state index in [0.717, 1.165) is 31.6 Å². The summed E-state index contributed by atoms with van der Waals surface area (Å²) in [7, 11) is 0. The maximum absolute atomic E-state index is 12.5. The fourth-order valence-corrected chi connectivity index (χ4v) is 2.51. The van der Waals surface area contributed by atoms with Crippen LogP contribution in [0.1, 0.15) is 56.8 Å². The first-order valence-corrected chi connectivity index (χ1v) is 7.48. The maximum atomic E-state index is 12.5. The van der Waals surface area contributed by atoms with Gasteiger partial charge in [0.1, 0.15) is 0 Å². The Balaban J connectivity index is 2.11. The Bertz CT molecular complexity index is 457. The van der Waals surface area contributed by atoms with Gasteiger partial charge in [0.05, 0.1) is 11.3 Å². The molecule has 1 saturated heterocycles. The van der Waals surface area contributed by atoms with Gasteiger partial charge in [-0.3, -0.25) is 9.78 Å². The number of pyridine rings is 1. The molecule has 4 heteroatoms. The molecule has 0 aromatic carbocycles. The third kappa shape index (κ3) is 4.22. The summed E-state index contributed by atoms with van der Waals surface area (Å²) in [5.41, 5.74) is 1.55. The standard InChI is InChI=1S/C16H25N3O/c1-16(2,3)18-14-10-13(11-17-12-14)15(20)19-8-6-4-5-7-9-19/h10-12,18H,4-9H2,1-3H3. The van der Waals surface area contributed by atoms with E-state index < -0.39 is 0 Å². The van der Waals surface area contributed by atoms with E-state index in [0.29, 0.717) is 5.56 Å². The van der Waals surface area contributed by atoms with Gasteiger partial charge in [0.15, 0.2) is 0 Å². The number of aromatic nitrogens is 1. The molecule has 0 radical (unpaired) electrons. The first-order chi connectivity index (χ1) is 9.46. The summed E-state index contributed by atoms with van der Waals surface area (Å²) in [6, 6.07) is 1.91. The average Bonchev–Trinajstić information content (AvgIpc) is 2.65. The summed E-state index contributed by atoms with van der Waals surface area (Å²) < 4.78 is 0. The molecule has 0 aliphatic carbocycles. The molecule has 20 heavy (non-hydrogen) atoms. The van der Waals surface area contributed by atoms with Crippen LogP contribution in [-0.4, -0.2) is 34.4 Å². The van der Waals surface area contributed by atoms with Crippen LogP contribution >= 0.6 is 0 Å². The van der Waals surface area contributed by atoms with Crippen LogP contribution in [0, 0.1) is 0 Å². The Kier molecular flexibility index (Phi) is 4.63. The van der Waals surface area contributed by atoms with Crippen molar-refractivity contribution in [1.82, 2.24) is 9.88 Å². The van der Waals surface area contributed by atoms with Crippen molar-refractivity contribution in [2.75, 3.05) is 18.4 Å². The van der Waals surface area contributed by atoms with Crippen LogP contribution in [-0.2, 0) is 0 Å². The highest BCUT2D eigenvalue weighted by molar-refractivity contribution is 5.94. The number of amides is 1. The predicted octanol–water partition coefficient (Wildman–Crippen LogP) is 3.31. The van der Waals surface area contributed by atoms with Crippen molar-refractivity contribution >= 4 is 11.6 Å². The topological polar surface area (TPSA) is 45.2 Å². The van der Waals surface area contributed by atoms with E-state index in [-0.39, 0.29) is 11.4 Å². The molecule has 1 fully saturated rings. The number of carbonyl (C=O) groups is 1. The van der Waals surface area contributed by atoms with Gasteiger partial charge < -0.3 is 10.2 Å². The van der Waals surface area contributed by atoms with E-state index in [1.165, 1.54) is 12.8 Å². The molecule has 0 bridgehead atoms. The number of nitrogens with zero attached hydrogens (tertiary/aromatic N) is 2. The molecule has 1 aliphatic heterocycles. The quantitative estimate of drug-likeness (QED) is 0.900. The normalized spacial score (nSPS) is 16.6. The zero-order valence-electron chi connectivity index (χ0n) is 12.8. The van der Waals surface area contributed by atoms with E-state index in [1.54, 1.807) is 12.4 Å². The Morgan fingerprint density at radius 1 is 1.15 bits per heavy atom. The summed E-state index contributed by atoms with van der Waals surface area (Å²) in [6.45, 7) is 8.02. The molecule has 2 rings (SSSR count). The first kappa shape index (κ1) is 14.8. The molecule has 0 unspecified atom stereocenters. The lowest BCUT2D eigenvalue weighted by atomic mass is 10.1. The molecule has 1 N–H and O–H groups in total. The molecule has 1 aliphatic rings. The lowest BCUT2D eigenvalue weighted by molar-refractivity contribution is 0.0761. The number of anilines is 1. The van der Waals surface area contributed by atoms with E-state index >= 15 is 0 Å². The second kappa shape index (κ2) is 6.25. The van der Waals surface area contributed by atoms with Crippen molar-refractivity contribution in [3.8, 4) is 0 Å². The highest BCUT2D eigenvalue weighted by atomic mass is 16.2. The number of hydrogen-bond donors (Lipinski definition) is 1. The van der Waals surface area contributed by atoms with Crippen molar-refractivity contribution in [3.05, 3.63) is 24.0 Å². The van der Waals surface area contributed by atoms with Crippen molar-refractivity contribution in [2.24, 2.45) is 0 Å². The SMILES string of the molecule is CC(C)(C)Nc1cncc(C(=O)N2CCCCCC2)c1. The summed E-state index contributed by atoms with van der Waals surface area (Å²) >= 11 is 0. The lowest BCUT2D eigenvalue weighted by Gasteiger charge is -2.23. The van der Waals surface area contributed by atoms with Crippen molar-refractivity contribution in [1.29, 1.82) is 0 Å². The van der Waals surface area contributed by atoms with E-state index in [2.05, 4.69) is 31.1 Å². The van der Waals surface area contributed by atoms with Gasteiger partial charge in [0, 0.05) is 31.0 Å². The number of carbonyl (C=O) groups excluding carboxylic acids is 1. The van der Waals surface area contributed by atoms with Crippen LogP contribution in [0.2, 0.25) is 0 Å². The second-order valence-corrected chi connectivity index (χ2v) is 6.54. The zero-order valence-corrected chi connectivity index (χ0v) is 12.8. The van der Waals surface area contributed by atoms with Crippen molar-refractivity contribution in [3.63, 3.8) is 0 Å². The van der Waals surface area contributed by atoms with Gasteiger partial charge in [-0.25, -0.2) is 0 Å². The Morgan fingerprint density at radius 2 is 1.80 bits per heavy atom. The molecule has 1 aromatic heterocycles. The van der Waals surface area contributed by atoms with E-state index in [1.807, 2.05) is 11.0 Å². The van der Waals surface area contributed by atoms with Crippen LogP contribution in [0.5, 0.6) is 0 Å². The van der Waals surface area contributed by atoms with Crippen LogP contribution in [0.4, 0.5) is 5.69 Å². The van der Waals surface area contributed by atoms with Gasteiger partial charge in [-0.15, -0.1) is 0 Å². The highest BCUT2D eigenvalue weighted by Crippen LogP contribution is 2.17. The van der Waals surface area contributed by atoms with Crippen LogP contribution in [0.15, 0.2) is 18.5 Å². The highest BCUT2D eigenvalue weighted by Gasteiger charge is 2.18. The molecule has 110 valence electrons. The fraction of sp³-hybridized carbons (Fsp3) is 0.625. The minimum Gasteiger partial charge on any atom is -0.379 e. The van der Waals surface area contributed by atoms with Gasteiger partial charge >= 0.3 is 0 Å². The Morgan fingerprint density at radius 3 is 2.40 bits per heavy atom.